The Balaban J connectivity index is 2.10. The van der Waals surface area contributed by atoms with Crippen molar-refractivity contribution in [3.8, 4) is 11.3 Å². The van der Waals surface area contributed by atoms with Crippen molar-refractivity contribution < 1.29 is 14.3 Å². The van der Waals surface area contributed by atoms with Crippen LogP contribution in [0.2, 0.25) is 0 Å². The van der Waals surface area contributed by atoms with Gasteiger partial charge in [-0.25, -0.2) is 4.39 Å². The van der Waals surface area contributed by atoms with E-state index < -0.39 is 0 Å². The maximum absolute atomic E-state index is 13.1. The monoisotopic (exact) mass is 351 g/mol. The molecule has 0 fully saturated rings. The van der Waals surface area contributed by atoms with Gasteiger partial charge in [0.15, 0.2) is 0 Å². The summed E-state index contributed by atoms with van der Waals surface area (Å²) in [6.45, 7) is 1.77. The molecule has 1 amide bonds. The van der Waals surface area contributed by atoms with Gasteiger partial charge in [-0.3, -0.25) is 9.89 Å². The fraction of sp³-hybridized carbons (Fsp3) is 0.412. The summed E-state index contributed by atoms with van der Waals surface area (Å²) < 4.78 is 13.1. The first kappa shape index (κ1) is 18.5. The van der Waals surface area contributed by atoms with Crippen LogP contribution in [-0.4, -0.2) is 45.9 Å². The number of halogens is 1. The Morgan fingerprint density at radius 2 is 2.12 bits per heavy atom. The van der Waals surface area contributed by atoms with E-state index in [-0.39, 0.29) is 30.8 Å². The molecule has 0 saturated heterocycles. The highest BCUT2D eigenvalue weighted by Crippen LogP contribution is 2.24. The second-order valence-electron chi connectivity index (χ2n) is 5.59. The van der Waals surface area contributed by atoms with Crippen molar-refractivity contribution in [2.24, 2.45) is 0 Å². The maximum atomic E-state index is 13.1. The second-order valence-corrected chi connectivity index (χ2v) is 6.57. The molecule has 0 unspecified atom stereocenters. The predicted octanol–water partition coefficient (Wildman–Crippen LogP) is 2.30. The molecule has 24 heavy (non-hydrogen) atoms. The number of rotatable bonds is 8. The molecule has 1 aromatic heterocycles. The average Bonchev–Trinajstić information content (AvgIpc) is 2.93. The summed E-state index contributed by atoms with van der Waals surface area (Å²) in [7, 11) is 0. The number of hydrogen-bond acceptors (Lipinski definition) is 4. The number of hydrogen-bond donors (Lipinski definition) is 3. The number of nitrogens with zero attached hydrogens (tertiary/aromatic N) is 1. The highest BCUT2D eigenvalue weighted by atomic mass is 32.2. The van der Waals surface area contributed by atoms with E-state index in [0.717, 1.165) is 29.0 Å². The van der Waals surface area contributed by atoms with Gasteiger partial charge in [0, 0.05) is 16.8 Å². The lowest BCUT2D eigenvalue weighted by atomic mass is 10.0. The van der Waals surface area contributed by atoms with Crippen LogP contribution in [0.4, 0.5) is 4.39 Å². The third kappa shape index (κ3) is 4.82. The zero-order valence-electron chi connectivity index (χ0n) is 13.8. The average molecular weight is 351 g/mol. The molecule has 1 aromatic carbocycles. The standard InChI is InChI=1S/C17H22FN3O2S/c1-11-15(9-16(23)19-14(10-22)7-8-24-2)17(21-20-11)12-3-5-13(18)6-4-12/h3-6,14,22H,7-10H2,1-2H3,(H,19,23)(H,20,21)/t14-/m0/s1. The van der Waals surface area contributed by atoms with E-state index in [4.69, 9.17) is 0 Å². The molecule has 0 radical (unpaired) electrons. The minimum absolute atomic E-state index is 0.0819. The van der Waals surface area contributed by atoms with Gasteiger partial charge in [-0.1, -0.05) is 0 Å². The number of aliphatic hydroxyl groups excluding tert-OH is 1. The number of amides is 1. The zero-order valence-corrected chi connectivity index (χ0v) is 14.6. The summed E-state index contributed by atoms with van der Waals surface area (Å²) in [5.41, 5.74) is 2.98. The molecule has 3 N–H and O–H groups in total. The van der Waals surface area contributed by atoms with Crippen molar-refractivity contribution in [1.82, 2.24) is 15.5 Å². The quantitative estimate of drug-likeness (QED) is 0.682. The first-order valence-corrected chi connectivity index (χ1v) is 9.13. The number of aryl methyl sites for hydroxylation is 1. The van der Waals surface area contributed by atoms with E-state index in [1.807, 2.05) is 13.2 Å². The fourth-order valence-electron chi connectivity index (χ4n) is 2.42. The zero-order chi connectivity index (χ0) is 17.5. The topological polar surface area (TPSA) is 78.0 Å². The Morgan fingerprint density at radius 1 is 1.42 bits per heavy atom. The van der Waals surface area contributed by atoms with Crippen LogP contribution >= 0.6 is 11.8 Å². The number of carbonyl (C=O) groups excluding carboxylic acids is 1. The van der Waals surface area contributed by atoms with Crippen molar-refractivity contribution in [3.05, 3.63) is 41.3 Å². The number of H-pyrrole nitrogens is 1. The van der Waals surface area contributed by atoms with Crippen molar-refractivity contribution in [3.63, 3.8) is 0 Å². The minimum Gasteiger partial charge on any atom is -0.394 e. The summed E-state index contributed by atoms with van der Waals surface area (Å²) >= 11 is 1.67. The molecular formula is C17H22FN3O2S. The Hall–Kier alpha value is -1.86. The SMILES string of the molecule is CSCC[C@@H](CO)NC(=O)Cc1c(-c2ccc(F)cc2)n[nH]c1C. The minimum atomic E-state index is -0.315. The van der Waals surface area contributed by atoms with Crippen molar-refractivity contribution in [2.75, 3.05) is 18.6 Å². The molecule has 0 aliphatic carbocycles. The Labute approximate surface area is 145 Å². The molecule has 5 nitrogen and oxygen atoms in total. The lowest BCUT2D eigenvalue weighted by Crippen LogP contribution is -2.38. The number of benzene rings is 1. The van der Waals surface area contributed by atoms with E-state index in [1.54, 1.807) is 23.9 Å². The highest BCUT2D eigenvalue weighted by Gasteiger charge is 2.18. The number of nitrogens with one attached hydrogen (secondary N) is 2. The Bertz CT molecular complexity index is 673. The molecule has 2 rings (SSSR count). The smallest absolute Gasteiger partial charge is 0.224 e. The third-order valence-corrected chi connectivity index (χ3v) is 4.43. The normalized spacial score (nSPS) is 12.2. The first-order chi connectivity index (χ1) is 11.5. The Morgan fingerprint density at radius 3 is 2.75 bits per heavy atom. The molecule has 1 atom stereocenters. The summed E-state index contributed by atoms with van der Waals surface area (Å²) in [6, 6.07) is 5.77. The maximum Gasteiger partial charge on any atom is 0.224 e. The largest absolute Gasteiger partial charge is 0.394 e. The molecule has 0 saturated carbocycles. The predicted molar refractivity (Wildman–Crippen MR) is 94.4 cm³/mol. The van der Waals surface area contributed by atoms with Gasteiger partial charge >= 0.3 is 0 Å². The molecule has 1 heterocycles. The molecular weight excluding hydrogens is 329 g/mol. The van der Waals surface area contributed by atoms with Gasteiger partial charge in [0.05, 0.1) is 24.8 Å². The van der Waals surface area contributed by atoms with Crippen molar-refractivity contribution >= 4 is 17.7 Å². The van der Waals surface area contributed by atoms with Crippen molar-refractivity contribution in [2.45, 2.75) is 25.8 Å². The molecule has 7 heteroatoms. The van der Waals surface area contributed by atoms with Gasteiger partial charge in [0.2, 0.25) is 5.91 Å². The van der Waals surface area contributed by atoms with Crippen LogP contribution in [0.25, 0.3) is 11.3 Å². The van der Waals surface area contributed by atoms with E-state index in [1.165, 1.54) is 12.1 Å². The Kier molecular flexibility index (Phi) is 6.81. The van der Waals surface area contributed by atoms with Crippen LogP contribution in [0.1, 0.15) is 17.7 Å². The molecule has 0 aliphatic heterocycles. The summed E-state index contributed by atoms with van der Waals surface area (Å²) in [5.74, 6) is 0.393. The lowest BCUT2D eigenvalue weighted by molar-refractivity contribution is -0.121. The van der Waals surface area contributed by atoms with Gasteiger partial charge in [-0.05, 0) is 49.6 Å². The molecule has 0 aliphatic rings. The van der Waals surface area contributed by atoms with Gasteiger partial charge in [-0.15, -0.1) is 0 Å². The summed E-state index contributed by atoms with van der Waals surface area (Å²) in [4.78, 5) is 12.3. The number of aromatic nitrogens is 2. The van der Waals surface area contributed by atoms with E-state index in [2.05, 4.69) is 15.5 Å². The molecule has 0 spiro atoms. The molecule has 0 bridgehead atoms. The summed E-state index contributed by atoms with van der Waals surface area (Å²) in [6.07, 6.45) is 2.86. The molecule has 2 aromatic rings. The van der Waals surface area contributed by atoms with Crippen LogP contribution in [0.3, 0.4) is 0 Å². The van der Waals surface area contributed by atoms with E-state index in [9.17, 15) is 14.3 Å². The van der Waals surface area contributed by atoms with Crippen LogP contribution in [-0.2, 0) is 11.2 Å². The van der Waals surface area contributed by atoms with Crippen LogP contribution in [0.5, 0.6) is 0 Å². The first-order valence-electron chi connectivity index (χ1n) is 7.74. The van der Waals surface area contributed by atoms with Crippen LogP contribution in [0, 0.1) is 12.7 Å². The number of carbonyl (C=O) groups is 1. The van der Waals surface area contributed by atoms with Crippen LogP contribution < -0.4 is 5.32 Å². The van der Waals surface area contributed by atoms with Gasteiger partial charge < -0.3 is 10.4 Å². The van der Waals surface area contributed by atoms with E-state index in [0.29, 0.717) is 5.69 Å². The number of aromatic amines is 1. The van der Waals surface area contributed by atoms with Crippen LogP contribution in [0.15, 0.2) is 24.3 Å². The number of thioether (sulfide) groups is 1. The third-order valence-electron chi connectivity index (χ3n) is 3.78. The van der Waals surface area contributed by atoms with Gasteiger partial charge in [-0.2, -0.15) is 16.9 Å². The highest BCUT2D eigenvalue weighted by molar-refractivity contribution is 7.98. The van der Waals surface area contributed by atoms with Gasteiger partial charge in [0.25, 0.3) is 0 Å². The fourth-order valence-corrected chi connectivity index (χ4v) is 2.94. The van der Waals surface area contributed by atoms with Gasteiger partial charge in [0.1, 0.15) is 5.82 Å². The summed E-state index contributed by atoms with van der Waals surface area (Å²) in [5, 5.41) is 19.3. The molecule has 130 valence electrons. The number of aliphatic hydroxyl groups is 1. The second kappa shape index (κ2) is 8.84. The van der Waals surface area contributed by atoms with E-state index >= 15 is 0 Å². The lowest BCUT2D eigenvalue weighted by Gasteiger charge is -2.16. The van der Waals surface area contributed by atoms with Crippen molar-refractivity contribution in [1.29, 1.82) is 0 Å².